The maximum Gasteiger partial charge on any atom is 0.142 e. The molecule has 2 fully saturated rings. The zero-order chi connectivity index (χ0) is 13.8. The molecule has 1 aromatic carbocycles. The lowest BCUT2D eigenvalue weighted by Crippen LogP contribution is -2.61. The van der Waals surface area contributed by atoms with Gasteiger partial charge in [-0.1, -0.05) is 31.4 Å². The number of ether oxygens (including phenoxy) is 1. The van der Waals surface area contributed by atoms with Crippen LogP contribution in [0.15, 0.2) is 24.3 Å². The molecule has 3 nitrogen and oxygen atoms in total. The molecule has 1 N–H and O–H groups in total. The highest BCUT2D eigenvalue weighted by molar-refractivity contribution is 5.59. The van der Waals surface area contributed by atoms with Crippen molar-refractivity contribution in [3.8, 4) is 5.75 Å². The third-order valence-electron chi connectivity index (χ3n) is 4.69. The number of nitrogens with zero attached hydrogens (tertiary/aromatic N) is 1. The molecule has 1 saturated carbocycles. The number of piperazine rings is 1. The van der Waals surface area contributed by atoms with Crippen LogP contribution in [-0.4, -0.2) is 31.8 Å². The van der Waals surface area contributed by atoms with Gasteiger partial charge in [-0.05, 0) is 31.9 Å². The Labute approximate surface area is 122 Å². The summed E-state index contributed by atoms with van der Waals surface area (Å²) >= 11 is 0. The molecular formula is C17H26N2O. The molecule has 3 heteroatoms. The average molecular weight is 274 g/mol. The van der Waals surface area contributed by atoms with E-state index in [0.29, 0.717) is 5.54 Å². The van der Waals surface area contributed by atoms with E-state index in [4.69, 9.17) is 4.74 Å². The molecule has 1 heterocycles. The van der Waals surface area contributed by atoms with Crippen molar-refractivity contribution in [1.29, 1.82) is 0 Å². The van der Waals surface area contributed by atoms with Crippen LogP contribution >= 0.6 is 0 Å². The van der Waals surface area contributed by atoms with Crippen molar-refractivity contribution in [2.75, 3.05) is 31.1 Å². The van der Waals surface area contributed by atoms with Gasteiger partial charge in [-0.3, -0.25) is 0 Å². The molecular weight excluding hydrogens is 248 g/mol. The number of hydrogen-bond donors (Lipinski definition) is 1. The standard InChI is InChI=1S/C17H26N2O/c1-2-20-16-9-5-4-8-15(16)19-13-12-18-17(14-19)10-6-3-7-11-17/h4-5,8-9,18H,2-3,6-7,10-14H2,1H3. The molecule has 1 aliphatic carbocycles. The minimum atomic E-state index is 0.343. The molecule has 20 heavy (non-hydrogen) atoms. The van der Waals surface area contributed by atoms with Gasteiger partial charge in [-0.2, -0.15) is 0 Å². The SMILES string of the molecule is CCOc1ccccc1N1CCNC2(CCCCC2)C1. The van der Waals surface area contributed by atoms with Gasteiger partial charge in [0.05, 0.1) is 12.3 Å². The Balaban J connectivity index is 1.79. The zero-order valence-electron chi connectivity index (χ0n) is 12.5. The first-order valence-corrected chi connectivity index (χ1v) is 8.05. The van der Waals surface area contributed by atoms with E-state index in [1.165, 1.54) is 37.8 Å². The topological polar surface area (TPSA) is 24.5 Å². The van der Waals surface area contributed by atoms with Gasteiger partial charge in [0.2, 0.25) is 0 Å². The summed E-state index contributed by atoms with van der Waals surface area (Å²) in [5.74, 6) is 1.03. The number of anilines is 1. The van der Waals surface area contributed by atoms with E-state index in [0.717, 1.165) is 32.0 Å². The lowest BCUT2D eigenvalue weighted by molar-refractivity contribution is 0.215. The Bertz CT molecular complexity index is 435. The fourth-order valence-electron chi connectivity index (χ4n) is 3.72. The van der Waals surface area contributed by atoms with Crippen LogP contribution in [0.25, 0.3) is 0 Å². The van der Waals surface area contributed by atoms with Gasteiger partial charge in [0.1, 0.15) is 5.75 Å². The van der Waals surface area contributed by atoms with Gasteiger partial charge in [-0.15, -0.1) is 0 Å². The van der Waals surface area contributed by atoms with Crippen molar-refractivity contribution in [1.82, 2.24) is 5.32 Å². The number of hydrogen-bond acceptors (Lipinski definition) is 3. The minimum absolute atomic E-state index is 0.343. The van der Waals surface area contributed by atoms with E-state index in [2.05, 4.69) is 41.4 Å². The van der Waals surface area contributed by atoms with Gasteiger partial charge in [0.25, 0.3) is 0 Å². The molecule has 1 aromatic rings. The zero-order valence-corrected chi connectivity index (χ0v) is 12.5. The summed E-state index contributed by atoms with van der Waals surface area (Å²) < 4.78 is 5.80. The summed E-state index contributed by atoms with van der Waals surface area (Å²) in [7, 11) is 0. The van der Waals surface area contributed by atoms with Crippen LogP contribution in [0.4, 0.5) is 5.69 Å². The van der Waals surface area contributed by atoms with Gasteiger partial charge in [-0.25, -0.2) is 0 Å². The second-order valence-electron chi connectivity index (χ2n) is 6.09. The minimum Gasteiger partial charge on any atom is -0.492 e. The van der Waals surface area contributed by atoms with Gasteiger partial charge < -0.3 is 15.0 Å². The maximum absolute atomic E-state index is 5.80. The Hall–Kier alpha value is -1.22. The largest absolute Gasteiger partial charge is 0.492 e. The first-order valence-electron chi connectivity index (χ1n) is 8.05. The third kappa shape index (κ3) is 2.78. The lowest BCUT2D eigenvalue weighted by Gasteiger charge is -2.47. The predicted octanol–water partition coefficient (Wildman–Crippen LogP) is 3.20. The third-order valence-corrected chi connectivity index (χ3v) is 4.69. The first kappa shape index (κ1) is 13.7. The Kier molecular flexibility index (Phi) is 4.16. The molecule has 3 rings (SSSR count). The number of nitrogens with one attached hydrogen (secondary N) is 1. The van der Waals surface area contributed by atoms with Crippen LogP contribution in [0.3, 0.4) is 0 Å². The Morgan fingerprint density at radius 3 is 2.80 bits per heavy atom. The lowest BCUT2D eigenvalue weighted by atomic mass is 9.80. The monoisotopic (exact) mass is 274 g/mol. The van der Waals surface area contributed by atoms with Crippen LogP contribution in [0, 0.1) is 0 Å². The van der Waals surface area contributed by atoms with E-state index in [1.54, 1.807) is 0 Å². The summed E-state index contributed by atoms with van der Waals surface area (Å²) in [5, 5.41) is 3.80. The summed E-state index contributed by atoms with van der Waals surface area (Å²) in [6.07, 6.45) is 6.78. The van der Waals surface area contributed by atoms with Crippen LogP contribution in [-0.2, 0) is 0 Å². The number of benzene rings is 1. The van der Waals surface area contributed by atoms with Crippen LogP contribution in [0.1, 0.15) is 39.0 Å². The van der Waals surface area contributed by atoms with E-state index < -0.39 is 0 Å². The summed E-state index contributed by atoms with van der Waals surface area (Å²) in [6.45, 7) is 6.06. The Morgan fingerprint density at radius 1 is 1.20 bits per heavy atom. The van der Waals surface area contributed by atoms with Gasteiger partial charge in [0.15, 0.2) is 0 Å². The van der Waals surface area contributed by atoms with Crippen molar-refractivity contribution in [2.24, 2.45) is 0 Å². The molecule has 0 radical (unpaired) electrons. The van der Waals surface area contributed by atoms with Crippen molar-refractivity contribution in [3.05, 3.63) is 24.3 Å². The van der Waals surface area contributed by atoms with E-state index in [9.17, 15) is 0 Å². The van der Waals surface area contributed by atoms with E-state index >= 15 is 0 Å². The molecule has 110 valence electrons. The highest BCUT2D eigenvalue weighted by Crippen LogP contribution is 2.35. The molecule has 0 atom stereocenters. The molecule has 0 amide bonds. The van der Waals surface area contributed by atoms with Crippen LogP contribution in [0.5, 0.6) is 5.75 Å². The number of rotatable bonds is 3. The molecule has 0 unspecified atom stereocenters. The average Bonchev–Trinajstić information content (AvgIpc) is 2.49. The van der Waals surface area contributed by atoms with Crippen molar-refractivity contribution >= 4 is 5.69 Å². The normalized spacial score (nSPS) is 21.9. The second kappa shape index (κ2) is 6.04. The van der Waals surface area contributed by atoms with Crippen LogP contribution in [0.2, 0.25) is 0 Å². The van der Waals surface area contributed by atoms with Gasteiger partial charge >= 0.3 is 0 Å². The molecule has 2 aliphatic rings. The second-order valence-corrected chi connectivity index (χ2v) is 6.09. The quantitative estimate of drug-likeness (QED) is 0.916. The van der Waals surface area contributed by atoms with E-state index in [-0.39, 0.29) is 0 Å². The molecule has 1 saturated heterocycles. The van der Waals surface area contributed by atoms with Crippen molar-refractivity contribution < 1.29 is 4.74 Å². The summed E-state index contributed by atoms with van der Waals surface area (Å²) in [5.41, 5.74) is 1.61. The fourth-order valence-corrected chi connectivity index (χ4v) is 3.72. The van der Waals surface area contributed by atoms with Crippen LogP contribution < -0.4 is 15.0 Å². The maximum atomic E-state index is 5.80. The summed E-state index contributed by atoms with van der Waals surface area (Å²) in [4.78, 5) is 2.52. The van der Waals surface area contributed by atoms with Gasteiger partial charge in [0, 0.05) is 25.2 Å². The van der Waals surface area contributed by atoms with Crippen molar-refractivity contribution in [2.45, 2.75) is 44.6 Å². The first-order chi connectivity index (χ1) is 9.83. The fraction of sp³-hybridized carbons (Fsp3) is 0.647. The highest BCUT2D eigenvalue weighted by Gasteiger charge is 2.36. The smallest absolute Gasteiger partial charge is 0.142 e. The molecule has 1 aliphatic heterocycles. The summed E-state index contributed by atoms with van der Waals surface area (Å²) in [6, 6.07) is 8.47. The number of para-hydroxylation sites is 2. The highest BCUT2D eigenvalue weighted by atomic mass is 16.5. The van der Waals surface area contributed by atoms with E-state index in [1.807, 2.05) is 0 Å². The molecule has 0 aromatic heterocycles. The molecule has 1 spiro atoms. The Morgan fingerprint density at radius 2 is 2.00 bits per heavy atom. The van der Waals surface area contributed by atoms with Crippen molar-refractivity contribution in [3.63, 3.8) is 0 Å². The predicted molar refractivity (Wildman–Crippen MR) is 83.6 cm³/mol. The molecule has 0 bridgehead atoms.